The molecule has 0 amide bonds. The van der Waals surface area contributed by atoms with Crippen LogP contribution in [0.4, 0.5) is 5.69 Å². The molecule has 0 spiro atoms. The van der Waals surface area contributed by atoms with Gasteiger partial charge in [0.15, 0.2) is 5.78 Å². The van der Waals surface area contributed by atoms with Crippen LogP contribution in [0.2, 0.25) is 0 Å². The number of carbonyl (C=O) groups is 3. The molecular weight excluding hydrogens is 294 g/mol. The zero-order chi connectivity index (χ0) is 16.7. The molecule has 0 saturated carbocycles. The molecule has 0 aliphatic heterocycles. The van der Waals surface area contributed by atoms with Crippen LogP contribution < -0.4 is 0 Å². The lowest BCUT2D eigenvalue weighted by atomic mass is 10.0. The van der Waals surface area contributed by atoms with Crippen LogP contribution in [0.25, 0.3) is 6.08 Å². The van der Waals surface area contributed by atoms with Gasteiger partial charge in [-0.05, 0) is 12.1 Å². The van der Waals surface area contributed by atoms with E-state index in [0.717, 1.165) is 20.3 Å². The molecule has 0 N–H and O–H groups in total. The first kappa shape index (κ1) is 17.0. The minimum atomic E-state index is -0.993. The van der Waals surface area contributed by atoms with Crippen molar-refractivity contribution in [2.45, 2.75) is 6.42 Å². The molecule has 0 unspecified atom stereocenters. The molecule has 22 heavy (non-hydrogen) atoms. The van der Waals surface area contributed by atoms with E-state index >= 15 is 0 Å². The summed E-state index contributed by atoms with van der Waals surface area (Å²) in [6.45, 7) is 0. The van der Waals surface area contributed by atoms with Crippen LogP contribution >= 0.6 is 0 Å². The summed E-state index contributed by atoms with van der Waals surface area (Å²) < 4.78 is 8.82. The summed E-state index contributed by atoms with van der Waals surface area (Å²) in [5.74, 6) is -2.67. The number of carbonyl (C=O) groups excluding carboxylic acids is 3. The second-order valence-corrected chi connectivity index (χ2v) is 4.04. The molecule has 0 fully saturated rings. The molecule has 0 radical (unpaired) electrons. The van der Waals surface area contributed by atoms with E-state index in [1.807, 2.05) is 0 Å². The van der Waals surface area contributed by atoms with Gasteiger partial charge in [-0.2, -0.15) is 0 Å². The first-order valence-corrected chi connectivity index (χ1v) is 6.04. The number of nitro groups is 1. The number of benzene rings is 1. The molecule has 8 nitrogen and oxygen atoms in total. The van der Waals surface area contributed by atoms with E-state index in [-0.39, 0.29) is 11.3 Å². The summed E-state index contributed by atoms with van der Waals surface area (Å²) >= 11 is 0. The number of esters is 2. The van der Waals surface area contributed by atoms with Gasteiger partial charge >= 0.3 is 11.9 Å². The third kappa shape index (κ3) is 4.23. The molecule has 0 aromatic heterocycles. The first-order chi connectivity index (χ1) is 10.4. The number of rotatable bonds is 6. The van der Waals surface area contributed by atoms with Gasteiger partial charge in [0.2, 0.25) is 0 Å². The predicted molar refractivity (Wildman–Crippen MR) is 74.7 cm³/mol. The zero-order valence-electron chi connectivity index (χ0n) is 11.9. The van der Waals surface area contributed by atoms with Gasteiger partial charge in [0.05, 0.1) is 24.7 Å². The Morgan fingerprint density at radius 2 is 1.82 bits per heavy atom. The molecule has 0 bridgehead atoms. The third-order valence-corrected chi connectivity index (χ3v) is 2.67. The largest absolute Gasteiger partial charge is 0.469 e. The lowest BCUT2D eigenvalue weighted by Gasteiger charge is -2.05. The fourth-order valence-electron chi connectivity index (χ4n) is 1.59. The number of Topliss-reactive ketones (excluding diaryl/α,β-unsaturated/α-hetero) is 1. The van der Waals surface area contributed by atoms with E-state index in [1.165, 1.54) is 24.3 Å². The molecule has 0 aliphatic rings. The Morgan fingerprint density at radius 3 is 2.36 bits per heavy atom. The van der Waals surface area contributed by atoms with Crippen molar-refractivity contribution in [3.8, 4) is 0 Å². The number of ketones is 1. The zero-order valence-corrected chi connectivity index (χ0v) is 11.9. The van der Waals surface area contributed by atoms with Gasteiger partial charge in [-0.3, -0.25) is 19.7 Å². The highest BCUT2D eigenvalue weighted by molar-refractivity contribution is 6.24. The average molecular weight is 307 g/mol. The molecular formula is C14H13NO7. The highest BCUT2D eigenvalue weighted by Gasteiger charge is 2.23. The summed E-state index contributed by atoms with van der Waals surface area (Å²) in [5, 5.41) is 10.9. The van der Waals surface area contributed by atoms with Crippen molar-refractivity contribution in [1.82, 2.24) is 0 Å². The Labute approximate surface area is 125 Å². The van der Waals surface area contributed by atoms with E-state index in [9.17, 15) is 24.5 Å². The number of ether oxygens (including phenoxy) is 2. The normalized spacial score (nSPS) is 10.7. The van der Waals surface area contributed by atoms with Crippen molar-refractivity contribution >= 4 is 29.5 Å². The highest BCUT2D eigenvalue weighted by atomic mass is 16.6. The summed E-state index contributed by atoms with van der Waals surface area (Å²) in [6, 6.07) is 5.56. The number of nitro benzene ring substituents is 1. The van der Waals surface area contributed by atoms with E-state index in [2.05, 4.69) is 9.47 Å². The molecule has 0 saturated heterocycles. The summed E-state index contributed by atoms with van der Waals surface area (Å²) in [4.78, 5) is 45.1. The van der Waals surface area contributed by atoms with Gasteiger partial charge in [0, 0.05) is 6.07 Å². The molecule has 1 rings (SSSR count). The van der Waals surface area contributed by atoms with Crippen molar-refractivity contribution in [3.63, 3.8) is 0 Å². The number of para-hydroxylation sites is 1. The van der Waals surface area contributed by atoms with Gasteiger partial charge in [0.25, 0.3) is 5.69 Å². The highest BCUT2D eigenvalue weighted by Crippen LogP contribution is 2.21. The quantitative estimate of drug-likeness (QED) is 0.194. The second kappa shape index (κ2) is 7.67. The van der Waals surface area contributed by atoms with Crippen molar-refractivity contribution in [2.24, 2.45) is 0 Å². The average Bonchev–Trinajstić information content (AvgIpc) is 2.51. The topological polar surface area (TPSA) is 113 Å². The lowest BCUT2D eigenvalue weighted by molar-refractivity contribution is -0.385. The van der Waals surface area contributed by atoms with Crippen LogP contribution in [-0.2, 0) is 23.9 Å². The van der Waals surface area contributed by atoms with Gasteiger partial charge in [-0.1, -0.05) is 12.1 Å². The molecule has 0 heterocycles. The SMILES string of the molecule is COC(=O)CC(=O)/C(=C\c1ccccc1[N+](=O)[O-])C(=O)OC. The lowest BCUT2D eigenvalue weighted by Crippen LogP contribution is -2.18. The molecule has 1 aromatic carbocycles. The number of hydrogen-bond acceptors (Lipinski definition) is 7. The van der Waals surface area contributed by atoms with Crippen LogP contribution in [0.5, 0.6) is 0 Å². The smallest absolute Gasteiger partial charge is 0.341 e. The summed E-state index contributed by atoms with van der Waals surface area (Å²) in [7, 11) is 2.15. The number of hydrogen-bond donors (Lipinski definition) is 0. The standard InChI is InChI=1S/C14H13NO7/c1-21-13(17)8-12(16)10(14(18)22-2)7-9-5-3-4-6-11(9)15(19)20/h3-7H,8H2,1-2H3/b10-7+. The Hall–Kier alpha value is -3.03. The molecule has 8 heteroatoms. The van der Waals surface area contributed by atoms with E-state index in [0.29, 0.717) is 0 Å². The Morgan fingerprint density at radius 1 is 1.18 bits per heavy atom. The Balaban J connectivity index is 3.28. The van der Waals surface area contributed by atoms with Gasteiger partial charge in [-0.15, -0.1) is 0 Å². The Kier molecular flexibility index (Phi) is 5.94. The molecule has 0 atom stereocenters. The fourth-order valence-corrected chi connectivity index (χ4v) is 1.59. The minimum absolute atomic E-state index is 0.0473. The van der Waals surface area contributed by atoms with Gasteiger partial charge in [-0.25, -0.2) is 4.79 Å². The second-order valence-electron chi connectivity index (χ2n) is 4.04. The monoisotopic (exact) mass is 307 g/mol. The van der Waals surface area contributed by atoms with Crippen LogP contribution in [0.15, 0.2) is 29.8 Å². The van der Waals surface area contributed by atoms with Gasteiger partial charge < -0.3 is 9.47 Å². The predicted octanol–water partition coefficient (Wildman–Crippen LogP) is 1.28. The van der Waals surface area contributed by atoms with Crippen LogP contribution in [0, 0.1) is 10.1 Å². The van der Waals surface area contributed by atoms with Gasteiger partial charge in [0.1, 0.15) is 12.0 Å². The van der Waals surface area contributed by atoms with Crippen LogP contribution in [-0.4, -0.2) is 36.9 Å². The van der Waals surface area contributed by atoms with Crippen molar-refractivity contribution < 1.29 is 28.8 Å². The first-order valence-electron chi connectivity index (χ1n) is 6.04. The maximum atomic E-state index is 12.0. The third-order valence-electron chi connectivity index (χ3n) is 2.67. The minimum Gasteiger partial charge on any atom is -0.469 e. The number of methoxy groups -OCH3 is 2. The Bertz CT molecular complexity index is 648. The molecule has 0 aliphatic carbocycles. The summed E-state index contributed by atoms with van der Waals surface area (Å²) in [5.41, 5.74) is -0.705. The maximum absolute atomic E-state index is 12.0. The molecule has 1 aromatic rings. The van der Waals surface area contributed by atoms with E-state index in [4.69, 9.17) is 0 Å². The van der Waals surface area contributed by atoms with Crippen LogP contribution in [0.3, 0.4) is 0 Å². The summed E-state index contributed by atoms with van der Waals surface area (Å²) in [6.07, 6.45) is 0.354. The van der Waals surface area contributed by atoms with Crippen molar-refractivity contribution in [1.29, 1.82) is 0 Å². The fraction of sp³-hybridized carbons (Fsp3) is 0.214. The maximum Gasteiger partial charge on any atom is 0.341 e. The van der Waals surface area contributed by atoms with Crippen molar-refractivity contribution in [3.05, 3.63) is 45.5 Å². The van der Waals surface area contributed by atoms with Crippen molar-refractivity contribution in [2.75, 3.05) is 14.2 Å². The number of nitrogens with zero attached hydrogens (tertiary/aromatic N) is 1. The van der Waals surface area contributed by atoms with Crippen LogP contribution in [0.1, 0.15) is 12.0 Å². The van der Waals surface area contributed by atoms with E-state index in [1.54, 1.807) is 0 Å². The van der Waals surface area contributed by atoms with E-state index < -0.39 is 34.6 Å². The molecule has 116 valence electrons.